The van der Waals surface area contributed by atoms with Gasteiger partial charge in [-0.2, -0.15) is 0 Å². The highest BCUT2D eigenvalue weighted by Crippen LogP contribution is 2.26. The van der Waals surface area contributed by atoms with Gasteiger partial charge < -0.3 is 10.2 Å². The average molecular weight is 488 g/mol. The van der Waals surface area contributed by atoms with Crippen LogP contribution in [0, 0.1) is 10.1 Å². The first kappa shape index (κ1) is 24.5. The molecule has 0 saturated carbocycles. The molecular formula is C22H22ClN5O6. The number of nitro groups is 1. The number of rotatable bonds is 9. The Morgan fingerprint density at radius 2 is 2.12 bits per heavy atom. The SMILES string of the molecule is CCCCn1c(N)c(N(Cc2ccco2)C(=O)/C=C/c2ccc(Cl)c([N+](=O)[O-])c2)c(=O)[nH]c1=O. The topological polar surface area (TPSA) is 157 Å². The van der Waals surface area contributed by atoms with Gasteiger partial charge in [0.15, 0.2) is 5.69 Å². The second kappa shape index (κ2) is 10.7. The number of H-pyrrole nitrogens is 1. The monoisotopic (exact) mass is 487 g/mol. The van der Waals surface area contributed by atoms with Crippen LogP contribution in [-0.4, -0.2) is 20.4 Å². The third-order valence-electron chi connectivity index (χ3n) is 4.96. The summed E-state index contributed by atoms with van der Waals surface area (Å²) in [5.41, 5.74) is 4.50. The van der Waals surface area contributed by atoms with E-state index < -0.39 is 22.1 Å². The molecule has 1 amide bonds. The lowest BCUT2D eigenvalue weighted by Crippen LogP contribution is -2.40. The fourth-order valence-corrected chi connectivity index (χ4v) is 3.42. The molecule has 0 aliphatic rings. The number of hydrogen-bond donors (Lipinski definition) is 2. The molecule has 0 aliphatic carbocycles. The van der Waals surface area contributed by atoms with Gasteiger partial charge in [-0.25, -0.2) is 4.79 Å². The van der Waals surface area contributed by atoms with Crippen LogP contribution in [0.2, 0.25) is 5.02 Å². The number of nitrogens with two attached hydrogens (primary N) is 1. The Labute approximate surface area is 198 Å². The van der Waals surface area contributed by atoms with Crippen molar-refractivity contribution in [3.05, 3.63) is 90.0 Å². The first-order valence-electron chi connectivity index (χ1n) is 10.3. The molecule has 0 bridgehead atoms. The van der Waals surface area contributed by atoms with E-state index in [-0.39, 0.29) is 35.3 Å². The summed E-state index contributed by atoms with van der Waals surface area (Å²) in [5, 5.41) is 11.1. The molecule has 0 saturated heterocycles. The number of aromatic nitrogens is 2. The number of carbonyl (C=O) groups excluding carboxylic acids is 1. The fourth-order valence-electron chi connectivity index (χ4n) is 3.23. The number of amides is 1. The fraction of sp³-hybridized carbons (Fsp3) is 0.227. The molecule has 0 aliphatic heterocycles. The number of furan rings is 1. The Morgan fingerprint density at radius 3 is 2.76 bits per heavy atom. The van der Waals surface area contributed by atoms with Crippen molar-refractivity contribution in [1.29, 1.82) is 0 Å². The molecule has 34 heavy (non-hydrogen) atoms. The lowest BCUT2D eigenvalue weighted by molar-refractivity contribution is -0.384. The molecule has 0 unspecified atom stereocenters. The molecule has 3 N–H and O–H groups in total. The van der Waals surface area contributed by atoms with Gasteiger partial charge in [0.05, 0.1) is 17.7 Å². The summed E-state index contributed by atoms with van der Waals surface area (Å²) in [7, 11) is 0. The summed E-state index contributed by atoms with van der Waals surface area (Å²) >= 11 is 5.83. The molecule has 2 heterocycles. The molecule has 12 heteroatoms. The molecule has 11 nitrogen and oxygen atoms in total. The summed E-state index contributed by atoms with van der Waals surface area (Å²) in [5.74, 6) is -0.446. The van der Waals surface area contributed by atoms with E-state index in [4.69, 9.17) is 21.8 Å². The minimum absolute atomic E-state index is 0.0402. The number of carbonyl (C=O) groups is 1. The van der Waals surface area contributed by atoms with Crippen LogP contribution in [-0.2, 0) is 17.9 Å². The van der Waals surface area contributed by atoms with Crippen molar-refractivity contribution < 1.29 is 14.1 Å². The van der Waals surface area contributed by atoms with Crippen LogP contribution in [0.1, 0.15) is 31.1 Å². The van der Waals surface area contributed by atoms with Gasteiger partial charge >= 0.3 is 5.69 Å². The Kier molecular flexibility index (Phi) is 7.69. The number of halogens is 1. The highest BCUT2D eigenvalue weighted by Gasteiger charge is 2.24. The lowest BCUT2D eigenvalue weighted by atomic mass is 10.2. The van der Waals surface area contributed by atoms with Crippen molar-refractivity contribution in [3.63, 3.8) is 0 Å². The van der Waals surface area contributed by atoms with Crippen LogP contribution < -0.4 is 21.9 Å². The molecule has 2 aromatic heterocycles. The van der Waals surface area contributed by atoms with E-state index in [1.807, 2.05) is 6.92 Å². The second-order valence-electron chi connectivity index (χ2n) is 7.30. The largest absolute Gasteiger partial charge is 0.467 e. The number of nitrogens with one attached hydrogen (secondary N) is 1. The van der Waals surface area contributed by atoms with Crippen molar-refractivity contribution in [3.8, 4) is 0 Å². The van der Waals surface area contributed by atoms with Crippen molar-refractivity contribution in [2.45, 2.75) is 32.9 Å². The standard InChI is InChI=1S/C22H22ClN5O6/c1-2-3-10-26-20(24)19(21(30)25-22(26)31)27(13-15-5-4-11-34-15)18(29)9-7-14-6-8-16(23)17(12-14)28(32)33/h4-9,11-12H,2-3,10,13,24H2,1H3,(H,25,30,31)/b9-7+. The first-order chi connectivity index (χ1) is 16.2. The summed E-state index contributed by atoms with van der Waals surface area (Å²) in [4.78, 5) is 51.9. The van der Waals surface area contributed by atoms with Crippen LogP contribution in [0.5, 0.6) is 0 Å². The zero-order valence-corrected chi connectivity index (χ0v) is 18.9. The van der Waals surface area contributed by atoms with Crippen LogP contribution in [0.3, 0.4) is 0 Å². The summed E-state index contributed by atoms with van der Waals surface area (Å²) < 4.78 is 6.53. The number of nitrogens with zero attached hydrogens (tertiary/aromatic N) is 3. The second-order valence-corrected chi connectivity index (χ2v) is 7.71. The Balaban J connectivity index is 2.04. The predicted octanol–water partition coefficient (Wildman–Crippen LogP) is 3.32. The van der Waals surface area contributed by atoms with E-state index in [9.17, 15) is 24.5 Å². The maximum Gasteiger partial charge on any atom is 0.330 e. The van der Waals surface area contributed by atoms with Crippen molar-refractivity contribution in [2.24, 2.45) is 0 Å². The maximum absolute atomic E-state index is 13.2. The van der Waals surface area contributed by atoms with Gasteiger partial charge in [0.2, 0.25) is 0 Å². The zero-order chi connectivity index (χ0) is 24.8. The van der Waals surface area contributed by atoms with Gasteiger partial charge in [-0.3, -0.25) is 34.2 Å². The molecule has 0 atom stereocenters. The van der Waals surface area contributed by atoms with Crippen molar-refractivity contribution in [2.75, 3.05) is 10.6 Å². The van der Waals surface area contributed by atoms with E-state index >= 15 is 0 Å². The van der Waals surface area contributed by atoms with Crippen LogP contribution in [0.25, 0.3) is 6.08 Å². The molecule has 0 fully saturated rings. The molecular weight excluding hydrogens is 466 g/mol. The third kappa shape index (κ3) is 5.44. The van der Waals surface area contributed by atoms with E-state index in [1.165, 1.54) is 35.1 Å². The van der Waals surface area contributed by atoms with E-state index in [1.54, 1.807) is 12.1 Å². The minimum atomic E-state index is -0.828. The lowest BCUT2D eigenvalue weighted by Gasteiger charge is -2.22. The van der Waals surface area contributed by atoms with E-state index in [2.05, 4.69) is 4.98 Å². The van der Waals surface area contributed by atoms with Crippen LogP contribution >= 0.6 is 11.6 Å². The van der Waals surface area contributed by atoms with E-state index in [0.29, 0.717) is 17.7 Å². The highest BCUT2D eigenvalue weighted by atomic mass is 35.5. The van der Waals surface area contributed by atoms with Crippen LogP contribution in [0.15, 0.2) is 56.7 Å². The quantitative estimate of drug-likeness (QED) is 0.266. The Bertz CT molecular complexity index is 1340. The van der Waals surface area contributed by atoms with Gasteiger partial charge in [-0.05, 0) is 36.3 Å². The molecule has 0 spiro atoms. The Morgan fingerprint density at radius 1 is 1.35 bits per heavy atom. The first-order valence-corrected chi connectivity index (χ1v) is 10.7. The molecule has 1 aromatic carbocycles. The van der Waals surface area contributed by atoms with Gasteiger partial charge in [0.1, 0.15) is 16.6 Å². The number of nitrogen functional groups attached to an aromatic ring is 1. The minimum Gasteiger partial charge on any atom is -0.467 e. The Hall–Kier alpha value is -4.12. The van der Waals surface area contributed by atoms with Crippen LogP contribution in [0.4, 0.5) is 17.2 Å². The predicted molar refractivity (Wildman–Crippen MR) is 128 cm³/mol. The number of hydrogen-bond acceptors (Lipinski definition) is 7. The number of aromatic amines is 1. The molecule has 178 valence electrons. The van der Waals surface area contributed by atoms with Gasteiger partial charge in [0.25, 0.3) is 17.2 Å². The summed E-state index contributed by atoms with van der Waals surface area (Å²) in [6.07, 6.45) is 5.31. The highest BCUT2D eigenvalue weighted by molar-refractivity contribution is 6.32. The summed E-state index contributed by atoms with van der Waals surface area (Å²) in [6, 6.07) is 7.30. The number of benzene rings is 1. The average Bonchev–Trinajstić information content (AvgIpc) is 3.30. The molecule has 3 aromatic rings. The van der Waals surface area contributed by atoms with Gasteiger partial charge in [0, 0.05) is 18.7 Å². The normalized spacial score (nSPS) is 11.1. The summed E-state index contributed by atoms with van der Waals surface area (Å²) in [6.45, 7) is 2.06. The van der Waals surface area contributed by atoms with Gasteiger partial charge in [-0.15, -0.1) is 0 Å². The zero-order valence-electron chi connectivity index (χ0n) is 18.2. The smallest absolute Gasteiger partial charge is 0.330 e. The molecule has 3 rings (SSSR count). The maximum atomic E-state index is 13.2. The van der Waals surface area contributed by atoms with Gasteiger partial charge in [-0.1, -0.05) is 31.0 Å². The van der Waals surface area contributed by atoms with Crippen molar-refractivity contribution in [1.82, 2.24) is 9.55 Å². The molecule has 0 radical (unpaired) electrons. The number of nitro benzene ring substituents is 1. The number of anilines is 2. The number of unbranched alkanes of at least 4 members (excludes halogenated alkanes) is 1. The third-order valence-corrected chi connectivity index (χ3v) is 5.28. The van der Waals surface area contributed by atoms with E-state index in [0.717, 1.165) is 17.4 Å². The van der Waals surface area contributed by atoms with Crippen molar-refractivity contribution >= 4 is 40.8 Å².